The van der Waals surface area contributed by atoms with E-state index in [4.69, 9.17) is 21.1 Å². The summed E-state index contributed by atoms with van der Waals surface area (Å²) in [4.78, 5) is 12.4. The van der Waals surface area contributed by atoms with Gasteiger partial charge in [0, 0.05) is 23.2 Å². The molecule has 0 saturated heterocycles. The summed E-state index contributed by atoms with van der Waals surface area (Å²) in [5, 5.41) is 22.9. The van der Waals surface area contributed by atoms with E-state index >= 15 is 0 Å². The average Bonchev–Trinajstić information content (AvgIpc) is 2.81. The number of aromatic hydroxyl groups is 1. The van der Waals surface area contributed by atoms with Crippen LogP contribution in [-0.2, 0) is 11.3 Å². The first-order chi connectivity index (χ1) is 15.8. The summed E-state index contributed by atoms with van der Waals surface area (Å²) in [6.45, 7) is 4.08. The summed E-state index contributed by atoms with van der Waals surface area (Å²) in [5.41, 5.74) is 2.94. The number of methoxy groups -OCH3 is 1. The van der Waals surface area contributed by atoms with Gasteiger partial charge in [0.1, 0.15) is 34.6 Å². The molecule has 0 aromatic heterocycles. The van der Waals surface area contributed by atoms with Crippen LogP contribution in [0, 0.1) is 25.2 Å². The van der Waals surface area contributed by atoms with Crippen molar-refractivity contribution in [1.82, 2.24) is 5.32 Å². The Balaban J connectivity index is 1.63. The number of ether oxygens (including phenoxy) is 2. The summed E-state index contributed by atoms with van der Waals surface area (Å²) in [6, 6.07) is 17.5. The van der Waals surface area contributed by atoms with Crippen LogP contribution in [0.1, 0.15) is 22.3 Å². The van der Waals surface area contributed by atoms with Gasteiger partial charge in [-0.1, -0.05) is 23.7 Å². The van der Waals surface area contributed by atoms with E-state index in [-0.39, 0.29) is 17.9 Å². The van der Waals surface area contributed by atoms with E-state index in [1.165, 1.54) is 19.3 Å². The summed E-state index contributed by atoms with van der Waals surface area (Å²) < 4.78 is 10.9. The molecule has 0 aliphatic rings. The van der Waals surface area contributed by atoms with Gasteiger partial charge in [-0.3, -0.25) is 4.79 Å². The van der Waals surface area contributed by atoms with Crippen LogP contribution in [-0.4, -0.2) is 18.1 Å². The van der Waals surface area contributed by atoms with Crippen molar-refractivity contribution in [3.63, 3.8) is 0 Å². The number of halogens is 1. The van der Waals surface area contributed by atoms with Gasteiger partial charge in [-0.25, -0.2) is 0 Å². The van der Waals surface area contributed by atoms with Crippen molar-refractivity contribution in [3.05, 3.63) is 87.4 Å². The van der Waals surface area contributed by atoms with E-state index in [0.29, 0.717) is 22.8 Å². The fraction of sp³-hybridized carbons (Fsp3) is 0.154. The molecule has 3 aromatic rings. The van der Waals surface area contributed by atoms with Crippen molar-refractivity contribution < 1.29 is 19.4 Å². The summed E-state index contributed by atoms with van der Waals surface area (Å²) >= 11 is 6.20. The first-order valence-electron chi connectivity index (χ1n) is 10.1. The highest BCUT2D eigenvalue weighted by Crippen LogP contribution is 2.29. The van der Waals surface area contributed by atoms with E-state index in [2.05, 4.69) is 5.32 Å². The van der Waals surface area contributed by atoms with Crippen molar-refractivity contribution in [2.75, 3.05) is 7.11 Å². The van der Waals surface area contributed by atoms with Crippen LogP contribution >= 0.6 is 11.6 Å². The van der Waals surface area contributed by atoms with Crippen LogP contribution in [0.4, 0.5) is 0 Å². The second-order valence-corrected chi connectivity index (χ2v) is 7.77. The predicted molar refractivity (Wildman–Crippen MR) is 128 cm³/mol. The third kappa shape index (κ3) is 6.06. The highest BCUT2D eigenvalue weighted by atomic mass is 35.5. The van der Waals surface area contributed by atoms with E-state index in [0.717, 1.165) is 21.7 Å². The molecule has 2 N–H and O–H groups in total. The van der Waals surface area contributed by atoms with Gasteiger partial charge in [0.25, 0.3) is 5.91 Å². The topological polar surface area (TPSA) is 91.6 Å². The first-order valence-corrected chi connectivity index (χ1v) is 10.5. The van der Waals surface area contributed by atoms with Gasteiger partial charge in [-0.2, -0.15) is 5.26 Å². The van der Waals surface area contributed by atoms with Gasteiger partial charge < -0.3 is 19.9 Å². The number of nitrogens with one attached hydrogen (secondary N) is 1. The van der Waals surface area contributed by atoms with Crippen LogP contribution in [0.2, 0.25) is 5.02 Å². The van der Waals surface area contributed by atoms with Crippen LogP contribution < -0.4 is 14.8 Å². The molecule has 0 fully saturated rings. The zero-order valence-electron chi connectivity index (χ0n) is 18.5. The Morgan fingerprint density at radius 3 is 2.27 bits per heavy atom. The van der Waals surface area contributed by atoms with Crippen molar-refractivity contribution in [1.29, 1.82) is 5.26 Å². The smallest absolute Gasteiger partial charge is 0.262 e. The molecule has 3 rings (SSSR count). The van der Waals surface area contributed by atoms with Crippen LogP contribution in [0.15, 0.2) is 60.2 Å². The molecule has 0 aliphatic carbocycles. The Bertz CT molecular complexity index is 1220. The highest BCUT2D eigenvalue weighted by molar-refractivity contribution is 6.32. The number of nitriles is 1. The lowest BCUT2D eigenvalue weighted by Gasteiger charge is -2.10. The van der Waals surface area contributed by atoms with Crippen molar-refractivity contribution in [2.24, 2.45) is 0 Å². The minimum atomic E-state index is -0.542. The van der Waals surface area contributed by atoms with E-state index in [1.807, 2.05) is 44.2 Å². The third-order valence-electron chi connectivity index (χ3n) is 4.92. The zero-order valence-corrected chi connectivity index (χ0v) is 19.2. The van der Waals surface area contributed by atoms with E-state index in [9.17, 15) is 15.2 Å². The molecule has 0 saturated carbocycles. The predicted octanol–water partition coefficient (Wildman–Crippen LogP) is 5.69. The Kier molecular flexibility index (Phi) is 7.60. The number of carbonyl (C=O) groups is 1. The first kappa shape index (κ1) is 23.7. The Labute approximate surface area is 197 Å². The molecule has 0 unspecified atom stereocenters. The van der Waals surface area contributed by atoms with Gasteiger partial charge >= 0.3 is 0 Å². The molecule has 1 amide bonds. The van der Waals surface area contributed by atoms with Gasteiger partial charge in [0.05, 0.1) is 7.11 Å². The van der Waals surface area contributed by atoms with E-state index in [1.54, 1.807) is 24.3 Å². The molecular formula is C26H23ClN2O4. The van der Waals surface area contributed by atoms with Crippen LogP contribution in [0.3, 0.4) is 0 Å². The Morgan fingerprint density at radius 1 is 1.06 bits per heavy atom. The number of benzene rings is 3. The molecule has 33 heavy (non-hydrogen) atoms. The number of aryl methyl sites for hydroxylation is 2. The van der Waals surface area contributed by atoms with Crippen molar-refractivity contribution >= 4 is 23.6 Å². The van der Waals surface area contributed by atoms with E-state index < -0.39 is 5.91 Å². The Morgan fingerprint density at radius 2 is 1.70 bits per heavy atom. The quantitative estimate of drug-likeness (QED) is 0.348. The lowest BCUT2D eigenvalue weighted by atomic mass is 10.1. The lowest BCUT2D eigenvalue weighted by Crippen LogP contribution is -2.23. The SMILES string of the molecule is COc1ccc(C=C(C#N)C(=O)NCc2ccc(Oc3cc(C)c(Cl)c(C)c3)cc2)c(O)c1. The molecule has 0 spiro atoms. The molecule has 3 aromatic carbocycles. The third-order valence-corrected chi connectivity index (χ3v) is 5.52. The highest BCUT2D eigenvalue weighted by Gasteiger charge is 2.11. The number of hydrogen-bond donors (Lipinski definition) is 2. The average molecular weight is 463 g/mol. The second kappa shape index (κ2) is 10.6. The van der Waals surface area contributed by atoms with Crippen molar-refractivity contribution in [3.8, 4) is 29.1 Å². The van der Waals surface area contributed by atoms with Crippen LogP contribution in [0.25, 0.3) is 6.08 Å². The number of rotatable bonds is 7. The number of carbonyl (C=O) groups excluding carboxylic acids is 1. The van der Waals surface area contributed by atoms with Crippen LogP contribution in [0.5, 0.6) is 23.0 Å². The normalized spacial score (nSPS) is 10.9. The molecule has 6 nitrogen and oxygen atoms in total. The largest absolute Gasteiger partial charge is 0.507 e. The monoisotopic (exact) mass is 462 g/mol. The molecule has 0 bridgehead atoms. The summed E-state index contributed by atoms with van der Waals surface area (Å²) in [7, 11) is 1.48. The second-order valence-electron chi connectivity index (χ2n) is 7.39. The number of phenols is 1. The fourth-order valence-electron chi connectivity index (χ4n) is 3.13. The molecule has 168 valence electrons. The summed E-state index contributed by atoms with van der Waals surface area (Å²) in [5.74, 6) is 1.19. The minimum Gasteiger partial charge on any atom is -0.507 e. The van der Waals surface area contributed by atoms with Crippen molar-refractivity contribution in [2.45, 2.75) is 20.4 Å². The standard InChI is InChI=1S/C26H23ClN2O4/c1-16-10-23(11-17(2)25(16)27)33-21-7-4-18(5-8-21)15-29-26(31)20(14-28)12-19-6-9-22(32-3)13-24(19)30/h4-13,30H,15H2,1-3H3,(H,29,31). The number of hydrogen-bond acceptors (Lipinski definition) is 5. The number of phenolic OH excluding ortho intramolecular Hbond substituents is 1. The molecule has 0 radical (unpaired) electrons. The maximum absolute atomic E-state index is 12.4. The lowest BCUT2D eigenvalue weighted by molar-refractivity contribution is -0.117. The number of nitrogens with zero attached hydrogens (tertiary/aromatic N) is 1. The molecule has 0 aliphatic heterocycles. The van der Waals surface area contributed by atoms with Gasteiger partial charge in [-0.15, -0.1) is 0 Å². The fourth-order valence-corrected chi connectivity index (χ4v) is 3.24. The zero-order chi connectivity index (χ0) is 24.0. The maximum Gasteiger partial charge on any atom is 0.262 e. The van der Waals surface area contributed by atoms with Gasteiger partial charge in [0.2, 0.25) is 0 Å². The molecule has 0 heterocycles. The maximum atomic E-state index is 12.4. The molecular weight excluding hydrogens is 440 g/mol. The Hall–Kier alpha value is -3.95. The molecule has 7 heteroatoms. The number of amides is 1. The summed E-state index contributed by atoms with van der Waals surface area (Å²) in [6.07, 6.45) is 1.33. The minimum absolute atomic E-state index is 0.0865. The molecule has 0 atom stereocenters. The van der Waals surface area contributed by atoms with Gasteiger partial charge in [0.15, 0.2) is 0 Å². The van der Waals surface area contributed by atoms with Gasteiger partial charge in [-0.05, 0) is 73.0 Å².